The summed E-state index contributed by atoms with van der Waals surface area (Å²) in [6.45, 7) is 1.95. The van der Waals surface area contributed by atoms with Gasteiger partial charge in [-0.05, 0) is 74.0 Å². The van der Waals surface area contributed by atoms with E-state index in [1.807, 2.05) is 0 Å². The van der Waals surface area contributed by atoms with Crippen molar-refractivity contribution in [1.82, 2.24) is 5.32 Å². The highest BCUT2D eigenvalue weighted by Crippen LogP contribution is 2.61. The van der Waals surface area contributed by atoms with Crippen molar-refractivity contribution in [2.24, 2.45) is 17.8 Å². The minimum absolute atomic E-state index is 0.703. The molecule has 1 aliphatic heterocycles. The van der Waals surface area contributed by atoms with E-state index in [4.69, 9.17) is 4.74 Å². The zero-order valence-electron chi connectivity index (χ0n) is 13.1. The molecular weight excluding hydrogens is 258 g/mol. The summed E-state index contributed by atoms with van der Waals surface area (Å²) in [5, 5.41) is 3.66. The maximum atomic E-state index is 5.51. The van der Waals surface area contributed by atoms with Crippen molar-refractivity contribution in [2.45, 2.75) is 44.1 Å². The first-order valence-corrected chi connectivity index (χ1v) is 8.71. The van der Waals surface area contributed by atoms with Crippen LogP contribution < -0.4 is 5.32 Å². The van der Waals surface area contributed by atoms with Crippen LogP contribution in [0.15, 0.2) is 24.3 Å². The van der Waals surface area contributed by atoms with E-state index < -0.39 is 0 Å². The monoisotopic (exact) mass is 285 g/mol. The molecule has 2 heteroatoms. The molecule has 1 heterocycles. The third kappa shape index (κ3) is 2.53. The molecule has 1 saturated heterocycles. The summed E-state index contributed by atoms with van der Waals surface area (Å²) in [4.78, 5) is 0. The number of hydrogen-bond donors (Lipinski definition) is 1. The first-order valence-electron chi connectivity index (χ1n) is 8.71. The van der Waals surface area contributed by atoms with E-state index in [-0.39, 0.29) is 0 Å². The molecule has 21 heavy (non-hydrogen) atoms. The fraction of sp³-hybridized carbons (Fsp3) is 0.684. The third-order valence-corrected chi connectivity index (χ3v) is 6.15. The zero-order valence-corrected chi connectivity index (χ0v) is 13.1. The van der Waals surface area contributed by atoms with Crippen LogP contribution in [0, 0.1) is 17.8 Å². The molecule has 2 fully saturated rings. The lowest BCUT2D eigenvalue weighted by molar-refractivity contribution is 0.0597. The smallest absolute Gasteiger partial charge is 0.0468 e. The van der Waals surface area contributed by atoms with Crippen molar-refractivity contribution in [3.8, 4) is 0 Å². The van der Waals surface area contributed by atoms with Crippen molar-refractivity contribution in [3.63, 3.8) is 0 Å². The largest absolute Gasteiger partial charge is 0.381 e. The lowest BCUT2D eigenvalue weighted by atomic mass is 9.89. The average Bonchev–Trinajstić information content (AvgIpc) is 3.28. The van der Waals surface area contributed by atoms with Gasteiger partial charge in [0.15, 0.2) is 0 Å². The maximum absolute atomic E-state index is 5.51. The van der Waals surface area contributed by atoms with Crippen molar-refractivity contribution < 1.29 is 4.74 Å². The second-order valence-corrected chi connectivity index (χ2v) is 7.19. The minimum atomic E-state index is 0.703. The van der Waals surface area contributed by atoms with Crippen molar-refractivity contribution in [2.75, 3.05) is 20.3 Å². The van der Waals surface area contributed by atoms with E-state index in [9.17, 15) is 0 Å². The maximum Gasteiger partial charge on any atom is 0.0468 e. The van der Waals surface area contributed by atoms with E-state index in [2.05, 4.69) is 36.6 Å². The summed E-state index contributed by atoms with van der Waals surface area (Å²) in [7, 11) is 2.17. The highest BCUT2D eigenvalue weighted by Gasteiger charge is 2.55. The molecule has 4 atom stereocenters. The summed E-state index contributed by atoms with van der Waals surface area (Å²) < 4.78 is 5.51. The van der Waals surface area contributed by atoms with Gasteiger partial charge in [0, 0.05) is 19.3 Å². The number of hydrogen-bond acceptors (Lipinski definition) is 2. The fourth-order valence-electron chi connectivity index (χ4n) is 4.98. The number of ether oxygens (including phenoxy) is 1. The molecular formula is C19H27NO. The molecule has 1 saturated carbocycles. The average molecular weight is 285 g/mol. The molecule has 3 aliphatic rings. The van der Waals surface area contributed by atoms with Gasteiger partial charge in [0.2, 0.25) is 0 Å². The van der Waals surface area contributed by atoms with Crippen molar-refractivity contribution in [1.29, 1.82) is 0 Å². The lowest BCUT2D eigenvalue weighted by Gasteiger charge is -2.27. The van der Waals surface area contributed by atoms with Gasteiger partial charge in [-0.15, -0.1) is 0 Å². The Morgan fingerprint density at radius 3 is 2.81 bits per heavy atom. The molecule has 1 N–H and O–H groups in total. The second kappa shape index (κ2) is 5.73. The molecule has 4 rings (SSSR count). The first kappa shape index (κ1) is 13.8. The normalized spacial score (nSPS) is 33.1. The van der Waals surface area contributed by atoms with Crippen LogP contribution in [0.4, 0.5) is 0 Å². The van der Waals surface area contributed by atoms with Crippen LogP contribution in [0.3, 0.4) is 0 Å². The van der Waals surface area contributed by atoms with Gasteiger partial charge in [-0.25, -0.2) is 0 Å². The molecule has 114 valence electrons. The zero-order chi connectivity index (χ0) is 14.2. The standard InChI is InChI=1S/C19H27NO/c1-20-17(12-13-8-10-21-11-9-13)19-16-7-6-14-4-2-3-5-15(14)18(16)19/h2-5,13,16-20H,6-12H2,1H3. The van der Waals surface area contributed by atoms with Gasteiger partial charge in [-0.3, -0.25) is 0 Å². The summed E-state index contributed by atoms with van der Waals surface area (Å²) in [6.07, 6.45) is 6.56. The number of benzene rings is 1. The Hall–Kier alpha value is -0.860. The van der Waals surface area contributed by atoms with Crippen LogP contribution in [0.2, 0.25) is 0 Å². The molecule has 2 nitrogen and oxygen atoms in total. The third-order valence-electron chi connectivity index (χ3n) is 6.15. The summed E-state index contributed by atoms with van der Waals surface area (Å²) in [5.41, 5.74) is 3.27. The molecule has 1 aromatic carbocycles. The Bertz CT molecular complexity index is 494. The summed E-state index contributed by atoms with van der Waals surface area (Å²) in [5.74, 6) is 3.53. The van der Waals surface area contributed by atoms with Gasteiger partial charge in [0.25, 0.3) is 0 Å². The summed E-state index contributed by atoms with van der Waals surface area (Å²) in [6, 6.07) is 9.85. The predicted octanol–water partition coefficient (Wildman–Crippen LogP) is 3.37. The Labute approximate surface area is 128 Å². The number of fused-ring (bicyclic) bond motifs is 3. The topological polar surface area (TPSA) is 21.3 Å². The quantitative estimate of drug-likeness (QED) is 0.916. The molecule has 0 amide bonds. The molecule has 4 unspecified atom stereocenters. The Kier molecular flexibility index (Phi) is 3.76. The van der Waals surface area contributed by atoms with Gasteiger partial charge < -0.3 is 10.1 Å². The van der Waals surface area contributed by atoms with Crippen molar-refractivity contribution in [3.05, 3.63) is 35.4 Å². The number of nitrogens with one attached hydrogen (secondary N) is 1. The van der Waals surface area contributed by atoms with Crippen LogP contribution in [-0.2, 0) is 11.2 Å². The van der Waals surface area contributed by atoms with E-state index in [0.717, 1.165) is 36.9 Å². The molecule has 0 aromatic heterocycles. The van der Waals surface area contributed by atoms with Gasteiger partial charge in [0.1, 0.15) is 0 Å². The minimum Gasteiger partial charge on any atom is -0.381 e. The van der Waals surface area contributed by atoms with Crippen LogP contribution in [0.25, 0.3) is 0 Å². The SMILES string of the molecule is CNC(CC1CCOCC1)C1C2CCc3ccccc3C21. The van der Waals surface area contributed by atoms with Crippen LogP contribution >= 0.6 is 0 Å². The Balaban J connectivity index is 1.47. The van der Waals surface area contributed by atoms with Crippen LogP contribution in [0.5, 0.6) is 0 Å². The van der Waals surface area contributed by atoms with Gasteiger partial charge >= 0.3 is 0 Å². The van der Waals surface area contributed by atoms with Crippen LogP contribution in [-0.4, -0.2) is 26.3 Å². The highest BCUT2D eigenvalue weighted by atomic mass is 16.5. The second-order valence-electron chi connectivity index (χ2n) is 7.19. The fourth-order valence-corrected chi connectivity index (χ4v) is 4.98. The molecule has 0 radical (unpaired) electrons. The summed E-state index contributed by atoms with van der Waals surface area (Å²) >= 11 is 0. The van der Waals surface area contributed by atoms with E-state index in [1.54, 1.807) is 11.1 Å². The van der Waals surface area contributed by atoms with E-state index in [1.165, 1.54) is 32.1 Å². The van der Waals surface area contributed by atoms with E-state index in [0.29, 0.717) is 6.04 Å². The molecule has 0 spiro atoms. The Morgan fingerprint density at radius 2 is 2.00 bits per heavy atom. The van der Waals surface area contributed by atoms with E-state index >= 15 is 0 Å². The molecule has 0 bridgehead atoms. The lowest BCUT2D eigenvalue weighted by Crippen LogP contribution is -2.32. The van der Waals surface area contributed by atoms with Crippen LogP contribution in [0.1, 0.15) is 42.7 Å². The number of aryl methyl sites for hydroxylation is 1. The van der Waals surface area contributed by atoms with Crippen molar-refractivity contribution >= 4 is 0 Å². The molecule has 2 aliphatic carbocycles. The highest BCUT2D eigenvalue weighted by molar-refractivity contribution is 5.40. The Morgan fingerprint density at radius 1 is 1.19 bits per heavy atom. The first-order chi connectivity index (χ1) is 10.4. The van der Waals surface area contributed by atoms with Gasteiger partial charge in [0.05, 0.1) is 0 Å². The predicted molar refractivity (Wildman–Crippen MR) is 85.5 cm³/mol. The molecule has 1 aromatic rings. The van der Waals surface area contributed by atoms with Gasteiger partial charge in [-0.2, -0.15) is 0 Å². The number of rotatable bonds is 4. The van der Waals surface area contributed by atoms with Gasteiger partial charge in [-0.1, -0.05) is 24.3 Å².